The van der Waals surface area contributed by atoms with Crippen LogP contribution in [0.2, 0.25) is 0 Å². The number of hydrogen-bond donors (Lipinski definition) is 1. The van der Waals surface area contributed by atoms with Gasteiger partial charge in [-0.05, 0) is 52.9 Å². The maximum atomic E-state index is 6.41. The number of aromatic nitrogens is 1. The molecule has 1 aliphatic heterocycles. The van der Waals surface area contributed by atoms with Crippen LogP contribution in [0.5, 0.6) is 11.5 Å². The van der Waals surface area contributed by atoms with Gasteiger partial charge in [0.1, 0.15) is 18.2 Å². The van der Waals surface area contributed by atoms with E-state index in [9.17, 15) is 0 Å². The molecule has 0 bridgehead atoms. The number of benzene rings is 1. The van der Waals surface area contributed by atoms with Gasteiger partial charge in [-0.25, -0.2) is 4.98 Å². The van der Waals surface area contributed by atoms with Crippen LogP contribution in [0.3, 0.4) is 0 Å². The van der Waals surface area contributed by atoms with Gasteiger partial charge in [0.25, 0.3) is 0 Å². The van der Waals surface area contributed by atoms with E-state index in [1.54, 1.807) is 11.3 Å². The zero-order chi connectivity index (χ0) is 14.4. The second kappa shape index (κ2) is 5.26. The Morgan fingerprint density at radius 1 is 1.24 bits per heavy atom. The monoisotopic (exact) mass is 366 g/mol. The summed E-state index contributed by atoms with van der Waals surface area (Å²) in [5.74, 6) is 1.52. The van der Waals surface area contributed by atoms with Gasteiger partial charge in [0, 0.05) is 4.88 Å². The third-order valence-corrected chi connectivity index (χ3v) is 5.69. The minimum absolute atomic E-state index is 0.215. The number of rotatable bonds is 2. The van der Waals surface area contributed by atoms with Crippen molar-refractivity contribution in [3.8, 4) is 11.5 Å². The SMILES string of the molecule is NC(c1cc(Br)c2c(c1)OCCO2)c1nc2c(s1)CCC2. The first kappa shape index (κ1) is 13.5. The molecule has 1 atom stereocenters. The summed E-state index contributed by atoms with van der Waals surface area (Å²) in [5.41, 5.74) is 8.65. The molecule has 1 unspecified atom stereocenters. The third-order valence-electron chi connectivity index (χ3n) is 3.86. The summed E-state index contributed by atoms with van der Waals surface area (Å²) in [5, 5.41) is 0.989. The Balaban J connectivity index is 1.70. The maximum absolute atomic E-state index is 6.41. The lowest BCUT2D eigenvalue weighted by atomic mass is 10.1. The van der Waals surface area contributed by atoms with Gasteiger partial charge in [0.05, 0.1) is 16.2 Å². The van der Waals surface area contributed by atoms with E-state index < -0.39 is 0 Å². The Morgan fingerprint density at radius 3 is 2.95 bits per heavy atom. The molecule has 6 heteroatoms. The Kier molecular flexibility index (Phi) is 3.40. The largest absolute Gasteiger partial charge is 0.486 e. The molecule has 0 saturated carbocycles. The fraction of sp³-hybridized carbons (Fsp3) is 0.400. The Hall–Kier alpha value is -1.11. The number of ether oxygens (including phenoxy) is 2. The van der Waals surface area contributed by atoms with Crippen molar-refractivity contribution >= 4 is 27.3 Å². The summed E-state index contributed by atoms with van der Waals surface area (Å²) >= 11 is 5.29. The molecule has 0 saturated heterocycles. The van der Waals surface area contributed by atoms with Crippen molar-refractivity contribution in [1.29, 1.82) is 0 Å². The summed E-state index contributed by atoms with van der Waals surface area (Å²) < 4.78 is 12.2. The van der Waals surface area contributed by atoms with E-state index in [2.05, 4.69) is 15.9 Å². The molecule has 0 radical (unpaired) electrons. The van der Waals surface area contributed by atoms with Crippen LogP contribution >= 0.6 is 27.3 Å². The van der Waals surface area contributed by atoms with Gasteiger partial charge >= 0.3 is 0 Å². The first-order chi connectivity index (χ1) is 10.2. The number of fused-ring (bicyclic) bond motifs is 2. The fourth-order valence-electron chi connectivity index (χ4n) is 2.80. The molecule has 2 heterocycles. The lowest BCUT2D eigenvalue weighted by molar-refractivity contribution is 0.170. The van der Waals surface area contributed by atoms with Crippen LogP contribution < -0.4 is 15.2 Å². The quantitative estimate of drug-likeness (QED) is 0.886. The van der Waals surface area contributed by atoms with E-state index in [-0.39, 0.29) is 6.04 Å². The molecule has 0 fully saturated rings. The van der Waals surface area contributed by atoms with Gasteiger partial charge in [0.2, 0.25) is 0 Å². The van der Waals surface area contributed by atoms with Gasteiger partial charge < -0.3 is 15.2 Å². The number of nitrogens with two attached hydrogens (primary N) is 1. The summed E-state index contributed by atoms with van der Waals surface area (Å²) in [4.78, 5) is 6.12. The lowest BCUT2D eigenvalue weighted by Crippen LogP contribution is -2.17. The van der Waals surface area contributed by atoms with E-state index in [1.807, 2.05) is 12.1 Å². The highest BCUT2D eigenvalue weighted by Gasteiger charge is 2.23. The second-order valence-electron chi connectivity index (χ2n) is 5.28. The predicted octanol–water partition coefficient (Wildman–Crippen LogP) is 3.21. The smallest absolute Gasteiger partial charge is 0.175 e. The molecule has 4 nitrogen and oxygen atoms in total. The number of aryl methyl sites for hydroxylation is 2. The van der Waals surface area contributed by atoms with E-state index >= 15 is 0 Å². The zero-order valence-corrected chi connectivity index (χ0v) is 13.8. The van der Waals surface area contributed by atoms with Gasteiger partial charge in [-0.1, -0.05) is 0 Å². The number of hydrogen-bond acceptors (Lipinski definition) is 5. The summed E-state index contributed by atoms with van der Waals surface area (Å²) in [6, 6.07) is 3.76. The predicted molar refractivity (Wildman–Crippen MR) is 85.3 cm³/mol. The van der Waals surface area contributed by atoms with E-state index in [0.717, 1.165) is 39.4 Å². The van der Waals surface area contributed by atoms with Crippen molar-refractivity contribution in [2.24, 2.45) is 5.73 Å². The molecule has 4 rings (SSSR count). The molecule has 2 aromatic rings. The van der Waals surface area contributed by atoms with Crippen molar-refractivity contribution in [3.63, 3.8) is 0 Å². The second-order valence-corrected chi connectivity index (χ2v) is 7.25. The van der Waals surface area contributed by atoms with Crippen molar-refractivity contribution in [2.45, 2.75) is 25.3 Å². The van der Waals surface area contributed by atoms with Crippen molar-refractivity contribution in [3.05, 3.63) is 37.7 Å². The summed E-state index contributed by atoms with van der Waals surface area (Å²) in [7, 11) is 0. The Bertz CT molecular complexity index is 680. The van der Waals surface area contributed by atoms with Crippen LogP contribution in [-0.4, -0.2) is 18.2 Å². The van der Waals surface area contributed by atoms with Crippen LogP contribution in [-0.2, 0) is 12.8 Å². The minimum atomic E-state index is -0.215. The van der Waals surface area contributed by atoms with Crippen molar-refractivity contribution < 1.29 is 9.47 Å². The van der Waals surface area contributed by atoms with Crippen LogP contribution in [0.1, 0.15) is 33.6 Å². The zero-order valence-electron chi connectivity index (χ0n) is 11.4. The van der Waals surface area contributed by atoms with Crippen molar-refractivity contribution in [1.82, 2.24) is 4.98 Å². The third kappa shape index (κ3) is 2.35. The van der Waals surface area contributed by atoms with Gasteiger partial charge in [0.15, 0.2) is 11.5 Å². The molecule has 2 aliphatic rings. The molecule has 110 valence electrons. The molecular weight excluding hydrogens is 352 g/mol. The molecule has 21 heavy (non-hydrogen) atoms. The molecule has 1 aromatic heterocycles. The molecular formula is C15H15BrN2O2S. The van der Waals surface area contributed by atoms with Crippen molar-refractivity contribution in [2.75, 3.05) is 13.2 Å². The van der Waals surface area contributed by atoms with Crippen LogP contribution in [0.15, 0.2) is 16.6 Å². The first-order valence-electron chi connectivity index (χ1n) is 7.05. The average Bonchev–Trinajstić information content (AvgIpc) is 3.07. The molecule has 1 aromatic carbocycles. The highest BCUT2D eigenvalue weighted by atomic mass is 79.9. The first-order valence-corrected chi connectivity index (χ1v) is 8.66. The van der Waals surface area contributed by atoms with Gasteiger partial charge in [-0.2, -0.15) is 0 Å². The summed E-state index contributed by atoms with van der Waals surface area (Å²) in [6.07, 6.45) is 3.45. The van der Waals surface area contributed by atoms with Gasteiger partial charge in [-0.15, -0.1) is 11.3 Å². The highest BCUT2D eigenvalue weighted by molar-refractivity contribution is 9.10. The molecule has 0 amide bonds. The van der Waals surface area contributed by atoms with E-state index in [0.29, 0.717) is 13.2 Å². The normalized spacial score (nSPS) is 17.6. The number of thiazole rings is 1. The van der Waals surface area contributed by atoms with Crippen LogP contribution in [0.4, 0.5) is 0 Å². The maximum Gasteiger partial charge on any atom is 0.175 e. The molecule has 1 aliphatic carbocycles. The topological polar surface area (TPSA) is 57.4 Å². The van der Waals surface area contributed by atoms with E-state index in [1.165, 1.54) is 17.0 Å². The van der Waals surface area contributed by atoms with Gasteiger partial charge in [-0.3, -0.25) is 0 Å². The average molecular weight is 367 g/mol. The molecule has 2 N–H and O–H groups in total. The highest BCUT2D eigenvalue weighted by Crippen LogP contribution is 2.41. The Labute approximate surface area is 135 Å². The summed E-state index contributed by atoms with van der Waals surface area (Å²) in [6.45, 7) is 1.15. The number of nitrogens with zero attached hydrogens (tertiary/aromatic N) is 1. The number of halogens is 1. The standard InChI is InChI=1S/C15H15BrN2O2S/c16-9-6-8(7-11-14(9)20-5-4-19-11)13(17)15-18-10-2-1-3-12(10)21-15/h6-7,13H,1-5,17H2. The van der Waals surface area contributed by atoms with E-state index in [4.69, 9.17) is 20.2 Å². The van der Waals surface area contributed by atoms with Crippen LogP contribution in [0, 0.1) is 0 Å². The lowest BCUT2D eigenvalue weighted by Gasteiger charge is -2.21. The fourth-order valence-corrected chi connectivity index (χ4v) is 4.55. The minimum Gasteiger partial charge on any atom is -0.486 e. The Morgan fingerprint density at radius 2 is 2.10 bits per heavy atom. The molecule has 0 spiro atoms. The van der Waals surface area contributed by atoms with Crippen LogP contribution in [0.25, 0.3) is 0 Å².